The number of ether oxygens (including phenoxy) is 1. The fraction of sp³-hybridized carbons (Fsp3) is 0.571. The van der Waals surface area contributed by atoms with Crippen molar-refractivity contribution in [2.75, 3.05) is 33.3 Å². The zero-order valence-corrected chi connectivity index (χ0v) is 10.6. The molecule has 1 unspecified atom stereocenters. The van der Waals surface area contributed by atoms with Crippen molar-refractivity contribution in [3.05, 3.63) is 30.3 Å². The number of nitrogens with one attached hydrogen (secondary N) is 1. The van der Waals surface area contributed by atoms with Crippen molar-refractivity contribution in [3.8, 4) is 5.75 Å². The number of nitrogens with zero attached hydrogens (tertiary/aromatic N) is 1. The zero-order chi connectivity index (χ0) is 11.9. The van der Waals surface area contributed by atoms with Gasteiger partial charge in [0.1, 0.15) is 12.4 Å². The second-order valence-corrected chi connectivity index (χ2v) is 4.59. The summed E-state index contributed by atoms with van der Waals surface area (Å²) in [5.74, 6) is 0.967. The van der Waals surface area contributed by atoms with E-state index in [1.165, 1.54) is 19.4 Å². The fourth-order valence-electron chi connectivity index (χ4n) is 2.30. The number of likely N-dealkylation sites (N-methyl/N-ethyl adjacent to an activating group) is 1. The molecule has 1 aliphatic heterocycles. The normalized spacial score (nSPS) is 21.4. The molecule has 2 rings (SSSR count). The van der Waals surface area contributed by atoms with Gasteiger partial charge in [-0.3, -0.25) is 4.90 Å². The summed E-state index contributed by atoms with van der Waals surface area (Å²) in [7, 11) is 2.05. The molecule has 3 nitrogen and oxygen atoms in total. The molecule has 1 aliphatic rings. The van der Waals surface area contributed by atoms with Crippen LogP contribution >= 0.6 is 0 Å². The lowest BCUT2D eigenvalue weighted by molar-refractivity contribution is 0.162. The summed E-state index contributed by atoms with van der Waals surface area (Å²) >= 11 is 0. The van der Waals surface area contributed by atoms with E-state index < -0.39 is 0 Å². The van der Waals surface area contributed by atoms with Gasteiger partial charge in [-0.05, 0) is 38.6 Å². The lowest BCUT2D eigenvalue weighted by Gasteiger charge is -2.32. The molecule has 1 fully saturated rings. The van der Waals surface area contributed by atoms with Crippen molar-refractivity contribution in [1.82, 2.24) is 10.2 Å². The highest BCUT2D eigenvalue weighted by molar-refractivity contribution is 5.20. The fourth-order valence-corrected chi connectivity index (χ4v) is 2.30. The predicted molar refractivity (Wildman–Crippen MR) is 70.5 cm³/mol. The Labute approximate surface area is 104 Å². The summed E-state index contributed by atoms with van der Waals surface area (Å²) in [6, 6.07) is 10.7. The van der Waals surface area contributed by atoms with Crippen LogP contribution in [-0.4, -0.2) is 44.2 Å². The van der Waals surface area contributed by atoms with Crippen LogP contribution < -0.4 is 10.1 Å². The van der Waals surface area contributed by atoms with E-state index in [1.54, 1.807) is 0 Å². The van der Waals surface area contributed by atoms with Gasteiger partial charge in [-0.25, -0.2) is 0 Å². The smallest absolute Gasteiger partial charge is 0.119 e. The molecule has 1 N–H and O–H groups in total. The third kappa shape index (κ3) is 4.02. The highest BCUT2D eigenvalue weighted by Gasteiger charge is 2.17. The molecule has 17 heavy (non-hydrogen) atoms. The molecular formula is C14H22N2O. The van der Waals surface area contributed by atoms with Gasteiger partial charge in [0.15, 0.2) is 0 Å². The molecule has 3 heteroatoms. The van der Waals surface area contributed by atoms with E-state index in [9.17, 15) is 0 Å². The van der Waals surface area contributed by atoms with Crippen LogP contribution in [0.15, 0.2) is 30.3 Å². The van der Waals surface area contributed by atoms with E-state index in [2.05, 4.69) is 17.3 Å². The van der Waals surface area contributed by atoms with Gasteiger partial charge in [0.25, 0.3) is 0 Å². The standard InChI is InChI=1S/C14H22N2O/c1-15-13-6-5-9-16(12-13)10-11-17-14-7-3-2-4-8-14/h2-4,7-8,13,15H,5-6,9-12H2,1H3. The van der Waals surface area contributed by atoms with E-state index in [0.29, 0.717) is 6.04 Å². The molecule has 0 radical (unpaired) electrons. The lowest BCUT2D eigenvalue weighted by atomic mass is 10.1. The van der Waals surface area contributed by atoms with Gasteiger partial charge >= 0.3 is 0 Å². The molecular weight excluding hydrogens is 212 g/mol. The Bertz CT molecular complexity index is 315. The molecule has 0 amide bonds. The van der Waals surface area contributed by atoms with E-state index in [4.69, 9.17) is 4.74 Å². The van der Waals surface area contributed by atoms with E-state index >= 15 is 0 Å². The van der Waals surface area contributed by atoms with Gasteiger partial charge in [-0.15, -0.1) is 0 Å². The lowest BCUT2D eigenvalue weighted by Crippen LogP contribution is -2.45. The highest BCUT2D eigenvalue weighted by Crippen LogP contribution is 2.11. The Hall–Kier alpha value is -1.06. The number of benzene rings is 1. The second kappa shape index (κ2) is 6.62. The van der Waals surface area contributed by atoms with Crippen LogP contribution in [0.4, 0.5) is 0 Å². The number of piperidine rings is 1. The Morgan fingerprint density at radius 3 is 2.94 bits per heavy atom. The number of likely N-dealkylation sites (tertiary alicyclic amines) is 1. The minimum Gasteiger partial charge on any atom is -0.492 e. The molecule has 0 aromatic heterocycles. The summed E-state index contributed by atoms with van der Waals surface area (Å²) in [6.45, 7) is 4.15. The molecule has 0 spiro atoms. The maximum atomic E-state index is 5.72. The molecule has 94 valence electrons. The maximum absolute atomic E-state index is 5.72. The zero-order valence-electron chi connectivity index (χ0n) is 10.6. The minimum absolute atomic E-state index is 0.653. The molecule has 1 saturated heterocycles. The average Bonchev–Trinajstić information content (AvgIpc) is 2.40. The molecule has 0 saturated carbocycles. The SMILES string of the molecule is CNC1CCCN(CCOc2ccccc2)C1. The van der Waals surface area contributed by atoms with Crippen molar-refractivity contribution in [3.63, 3.8) is 0 Å². The topological polar surface area (TPSA) is 24.5 Å². The van der Waals surface area contributed by atoms with Gasteiger partial charge in [-0.1, -0.05) is 18.2 Å². The highest BCUT2D eigenvalue weighted by atomic mass is 16.5. The van der Waals surface area contributed by atoms with E-state index in [1.807, 2.05) is 30.3 Å². The van der Waals surface area contributed by atoms with Crippen LogP contribution in [0.3, 0.4) is 0 Å². The van der Waals surface area contributed by atoms with Gasteiger partial charge < -0.3 is 10.1 Å². The predicted octanol–water partition coefficient (Wildman–Crippen LogP) is 1.75. The van der Waals surface area contributed by atoms with Crippen molar-refractivity contribution in [1.29, 1.82) is 0 Å². The summed E-state index contributed by atoms with van der Waals surface area (Å²) in [4.78, 5) is 2.48. The van der Waals surface area contributed by atoms with Crippen LogP contribution in [-0.2, 0) is 0 Å². The van der Waals surface area contributed by atoms with Crippen molar-refractivity contribution in [2.24, 2.45) is 0 Å². The monoisotopic (exact) mass is 234 g/mol. The van der Waals surface area contributed by atoms with Gasteiger partial charge in [0, 0.05) is 19.1 Å². The van der Waals surface area contributed by atoms with Gasteiger partial charge in [0.2, 0.25) is 0 Å². The number of rotatable bonds is 5. The Kier molecular flexibility index (Phi) is 4.83. The Morgan fingerprint density at radius 1 is 1.35 bits per heavy atom. The third-order valence-corrected chi connectivity index (χ3v) is 3.33. The van der Waals surface area contributed by atoms with Crippen molar-refractivity contribution >= 4 is 0 Å². The summed E-state index contributed by atoms with van der Waals surface area (Å²) in [6.07, 6.45) is 2.59. The number of hydrogen-bond acceptors (Lipinski definition) is 3. The average molecular weight is 234 g/mol. The first-order valence-corrected chi connectivity index (χ1v) is 6.46. The van der Waals surface area contributed by atoms with E-state index in [-0.39, 0.29) is 0 Å². The first kappa shape index (κ1) is 12.4. The van der Waals surface area contributed by atoms with Crippen LogP contribution in [0, 0.1) is 0 Å². The first-order valence-electron chi connectivity index (χ1n) is 6.46. The molecule has 1 atom stereocenters. The minimum atomic E-state index is 0.653. The number of hydrogen-bond donors (Lipinski definition) is 1. The summed E-state index contributed by atoms with van der Waals surface area (Å²) in [5.41, 5.74) is 0. The van der Waals surface area contributed by atoms with Crippen molar-refractivity contribution in [2.45, 2.75) is 18.9 Å². The number of para-hydroxylation sites is 1. The summed E-state index contributed by atoms with van der Waals surface area (Å²) < 4.78 is 5.72. The second-order valence-electron chi connectivity index (χ2n) is 4.59. The maximum Gasteiger partial charge on any atom is 0.119 e. The quantitative estimate of drug-likeness (QED) is 0.840. The first-order chi connectivity index (χ1) is 8.38. The Morgan fingerprint density at radius 2 is 2.18 bits per heavy atom. The van der Waals surface area contributed by atoms with Gasteiger partial charge in [0.05, 0.1) is 0 Å². The van der Waals surface area contributed by atoms with Crippen LogP contribution in [0.5, 0.6) is 5.75 Å². The van der Waals surface area contributed by atoms with E-state index in [0.717, 1.165) is 25.4 Å². The molecule has 1 heterocycles. The molecule has 0 aliphatic carbocycles. The van der Waals surface area contributed by atoms with Crippen LogP contribution in [0.25, 0.3) is 0 Å². The van der Waals surface area contributed by atoms with Gasteiger partial charge in [-0.2, -0.15) is 0 Å². The summed E-state index contributed by atoms with van der Waals surface area (Å²) in [5, 5.41) is 3.36. The van der Waals surface area contributed by atoms with Crippen molar-refractivity contribution < 1.29 is 4.74 Å². The van der Waals surface area contributed by atoms with Crippen LogP contribution in [0.1, 0.15) is 12.8 Å². The van der Waals surface area contributed by atoms with Crippen LogP contribution in [0.2, 0.25) is 0 Å². The Balaban J connectivity index is 1.68. The molecule has 1 aromatic carbocycles. The largest absolute Gasteiger partial charge is 0.492 e. The third-order valence-electron chi connectivity index (χ3n) is 3.33. The molecule has 0 bridgehead atoms. The molecule has 1 aromatic rings.